The molecule has 0 aliphatic carbocycles. The topological polar surface area (TPSA) is 108 Å². The van der Waals surface area contributed by atoms with Gasteiger partial charge < -0.3 is 20.1 Å². The van der Waals surface area contributed by atoms with Gasteiger partial charge in [0.15, 0.2) is 0 Å². The van der Waals surface area contributed by atoms with Gasteiger partial charge in [0.1, 0.15) is 6.04 Å². The average Bonchev–Trinajstić information content (AvgIpc) is 2.88. The summed E-state index contributed by atoms with van der Waals surface area (Å²) in [6.45, 7) is 1.53. The summed E-state index contributed by atoms with van der Waals surface area (Å²) in [5.74, 6) is 0.538. The van der Waals surface area contributed by atoms with Crippen LogP contribution in [0.5, 0.6) is 0 Å². The van der Waals surface area contributed by atoms with Gasteiger partial charge in [-0.2, -0.15) is 4.98 Å². The van der Waals surface area contributed by atoms with Gasteiger partial charge in [-0.1, -0.05) is 23.4 Å². The Kier molecular flexibility index (Phi) is 3.76. The molecule has 7 heteroatoms. The number of benzene rings is 1. The highest BCUT2D eigenvalue weighted by atomic mass is 16.5. The van der Waals surface area contributed by atoms with Crippen LogP contribution in [0.2, 0.25) is 0 Å². The molecule has 1 aromatic heterocycles. The van der Waals surface area contributed by atoms with Crippen molar-refractivity contribution in [3.63, 3.8) is 0 Å². The summed E-state index contributed by atoms with van der Waals surface area (Å²) < 4.78 is 5.01. The Morgan fingerprint density at radius 2 is 2.32 bits per heavy atom. The number of carboxylic acid groups (broad SMARTS) is 1. The minimum absolute atomic E-state index is 0.0739. The van der Waals surface area contributed by atoms with E-state index in [4.69, 9.17) is 14.7 Å². The Balaban J connectivity index is 2.22. The molecule has 3 N–H and O–H groups in total. The summed E-state index contributed by atoms with van der Waals surface area (Å²) in [5, 5.41) is 23.7. The largest absolute Gasteiger partial charge is 0.465 e. The van der Waals surface area contributed by atoms with Gasteiger partial charge in [0.25, 0.3) is 0 Å². The van der Waals surface area contributed by atoms with E-state index >= 15 is 0 Å². The molecule has 1 aromatic carbocycles. The van der Waals surface area contributed by atoms with E-state index in [0.717, 1.165) is 5.56 Å². The molecule has 0 radical (unpaired) electrons. The first kappa shape index (κ1) is 13.0. The molecule has 19 heavy (non-hydrogen) atoms. The van der Waals surface area contributed by atoms with Crippen molar-refractivity contribution >= 4 is 6.09 Å². The van der Waals surface area contributed by atoms with Crippen LogP contribution in [0.4, 0.5) is 4.79 Å². The van der Waals surface area contributed by atoms with Crippen molar-refractivity contribution in [2.75, 3.05) is 0 Å². The average molecular weight is 263 g/mol. The predicted molar refractivity (Wildman–Crippen MR) is 65.2 cm³/mol. The van der Waals surface area contributed by atoms with Crippen molar-refractivity contribution in [2.45, 2.75) is 19.6 Å². The Hall–Kier alpha value is -2.41. The molecule has 0 saturated carbocycles. The molecule has 1 amide bonds. The number of nitrogens with one attached hydrogen (secondary N) is 1. The van der Waals surface area contributed by atoms with E-state index in [0.29, 0.717) is 11.4 Å². The molecule has 0 spiro atoms. The van der Waals surface area contributed by atoms with Gasteiger partial charge in [0.2, 0.25) is 11.7 Å². The fraction of sp³-hybridized carbons (Fsp3) is 0.250. The Morgan fingerprint density at radius 1 is 1.53 bits per heavy atom. The second-order valence-electron chi connectivity index (χ2n) is 3.99. The number of hydrogen-bond donors (Lipinski definition) is 3. The standard InChI is InChI=1S/C12H13N3O4/c1-7(13-12(17)18)11-14-10(15-19-11)9-4-2-3-8(5-9)6-16/h2-5,7,13,16H,6H2,1H3,(H,17,18). The highest BCUT2D eigenvalue weighted by molar-refractivity contribution is 5.65. The van der Waals surface area contributed by atoms with Crippen LogP contribution in [0.15, 0.2) is 28.8 Å². The van der Waals surface area contributed by atoms with Gasteiger partial charge >= 0.3 is 6.09 Å². The number of nitrogens with zero attached hydrogens (tertiary/aromatic N) is 2. The zero-order valence-corrected chi connectivity index (χ0v) is 10.2. The van der Waals surface area contributed by atoms with Crippen LogP contribution in [-0.4, -0.2) is 26.4 Å². The summed E-state index contributed by atoms with van der Waals surface area (Å²) >= 11 is 0. The zero-order chi connectivity index (χ0) is 13.8. The maximum absolute atomic E-state index is 10.5. The van der Waals surface area contributed by atoms with E-state index in [2.05, 4.69) is 15.5 Å². The molecule has 0 fully saturated rings. The Bertz CT molecular complexity index is 582. The van der Waals surface area contributed by atoms with Crippen molar-refractivity contribution in [1.29, 1.82) is 0 Å². The third-order valence-corrected chi connectivity index (χ3v) is 2.52. The van der Waals surface area contributed by atoms with E-state index < -0.39 is 12.1 Å². The highest BCUT2D eigenvalue weighted by Crippen LogP contribution is 2.19. The van der Waals surface area contributed by atoms with Crippen LogP contribution in [0.3, 0.4) is 0 Å². The van der Waals surface area contributed by atoms with Gasteiger partial charge in [-0.25, -0.2) is 4.79 Å². The summed E-state index contributed by atoms with van der Waals surface area (Å²) in [5.41, 5.74) is 1.43. The minimum atomic E-state index is -1.16. The van der Waals surface area contributed by atoms with Crippen molar-refractivity contribution in [1.82, 2.24) is 15.5 Å². The third-order valence-electron chi connectivity index (χ3n) is 2.52. The van der Waals surface area contributed by atoms with Gasteiger partial charge in [0, 0.05) is 5.56 Å². The summed E-state index contributed by atoms with van der Waals surface area (Å²) in [4.78, 5) is 14.6. The zero-order valence-electron chi connectivity index (χ0n) is 10.2. The van der Waals surface area contributed by atoms with Crippen LogP contribution in [-0.2, 0) is 6.61 Å². The van der Waals surface area contributed by atoms with Crippen molar-refractivity contribution in [3.05, 3.63) is 35.7 Å². The van der Waals surface area contributed by atoms with E-state index in [9.17, 15) is 4.79 Å². The highest BCUT2D eigenvalue weighted by Gasteiger charge is 2.16. The second kappa shape index (κ2) is 5.49. The molecular weight excluding hydrogens is 250 g/mol. The number of aliphatic hydroxyl groups excluding tert-OH is 1. The van der Waals surface area contributed by atoms with Crippen molar-refractivity contribution < 1.29 is 19.5 Å². The number of aliphatic hydroxyl groups is 1. The predicted octanol–water partition coefficient (Wildman–Crippen LogP) is 1.56. The van der Waals surface area contributed by atoms with E-state index in [-0.39, 0.29) is 12.5 Å². The molecule has 1 unspecified atom stereocenters. The lowest BCUT2D eigenvalue weighted by atomic mass is 10.1. The first-order valence-corrected chi connectivity index (χ1v) is 5.63. The quantitative estimate of drug-likeness (QED) is 0.772. The lowest BCUT2D eigenvalue weighted by Gasteiger charge is -2.04. The van der Waals surface area contributed by atoms with Crippen LogP contribution >= 0.6 is 0 Å². The molecule has 2 rings (SSSR count). The van der Waals surface area contributed by atoms with Crippen LogP contribution < -0.4 is 5.32 Å². The molecular formula is C12H13N3O4. The van der Waals surface area contributed by atoms with E-state index in [1.807, 2.05) is 0 Å². The van der Waals surface area contributed by atoms with Crippen LogP contribution in [0.25, 0.3) is 11.4 Å². The normalized spacial score (nSPS) is 12.1. The maximum atomic E-state index is 10.5. The first-order chi connectivity index (χ1) is 9.10. The minimum Gasteiger partial charge on any atom is -0.465 e. The fourth-order valence-corrected chi connectivity index (χ4v) is 1.58. The maximum Gasteiger partial charge on any atom is 0.405 e. The van der Waals surface area contributed by atoms with Crippen LogP contribution in [0, 0.1) is 0 Å². The summed E-state index contributed by atoms with van der Waals surface area (Å²) in [7, 11) is 0. The Morgan fingerprint density at radius 3 is 3.00 bits per heavy atom. The fourth-order valence-electron chi connectivity index (χ4n) is 1.58. The molecule has 100 valence electrons. The van der Waals surface area contributed by atoms with E-state index in [1.54, 1.807) is 31.2 Å². The smallest absolute Gasteiger partial charge is 0.405 e. The van der Waals surface area contributed by atoms with Crippen molar-refractivity contribution in [3.8, 4) is 11.4 Å². The molecule has 0 bridgehead atoms. The van der Waals surface area contributed by atoms with Gasteiger partial charge in [-0.3, -0.25) is 0 Å². The van der Waals surface area contributed by atoms with E-state index in [1.165, 1.54) is 0 Å². The molecule has 0 aliphatic heterocycles. The number of carbonyl (C=O) groups is 1. The Labute approximate surface area is 108 Å². The van der Waals surface area contributed by atoms with Crippen LogP contribution in [0.1, 0.15) is 24.4 Å². The molecule has 7 nitrogen and oxygen atoms in total. The van der Waals surface area contributed by atoms with Crippen molar-refractivity contribution in [2.24, 2.45) is 0 Å². The lowest BCUT2D eigenvalue weighted by molar-refractivity contribution is 0.187. The number of hydrogen-bond acceptors (Lipinski definition) is 5. The number of aromatic nitrogens is 2. The molecule has 0 saturated heterocycles. The molecule has 0 aliphatic rings. The molecule has 1 heterocycles. The van der Waals surface area contributed by atoms with Gasteiger partial charge in [-0.05, 0) is 18.6 Å². The molecule has 2 aromatic rings. The second-order valence-corrected chi connectivity index (χ2v) is 3.99. The third kappa shape index (κ3) is 3.08. The first-order valence-electron chi connectivity index (χ1n) is 5.63. The summed E-state index contributed by atoms with van der Waals surface area (Å²) in [6.07, 6.45) is -1.16. The number of amides is 1. The lowest BCUT2D eigenvalue weighted by Crippen LogP contribution is -2.24. The SMILES string of the molecule is CC(NC(=O)O)c1nc(-c2cccc(CO)c2)no1. The summed E-state index contributed by atoms with van der Waals surface area (Å²) in [6, 6.07) is 6.49. The van der Waals surface area contributed by atoms with Gasteiger partial charge in [0.05, 0.1) is 6.61 Å². The van der Waals surface area contributed by atoms with Gasteiger partial charge in [-0.15, -0.1) is 0 Å². The monoisotopic (exact) mass is 263 g/mol. The number of rotatable bonds is 4. The molecule has 1 atom stereocenters.